The van der Waals surface area contributed by atoms with Crippen molar-refractivity contribution in [2.75, 3.05) is 5.32 Å². The normalized spacial score (nSPS) is 11.6. The van der Waals surface area contributed by atoms with Crippen LogP contribution in [-0.2, 0) is 4.79 Å². The van der Waals surface area contributed by atoms with Crippen LogP contribution in [0.4, 0.5) is 5.69 Å². The van der Waals surface area contributed by atoms with Gasteiger partial charge in [0.25, 0.3) is 0 Å². The van der Waals surface area contributed by atoms with Gasteiger partial charge in [0.1, 0.15) is 6.04 Å². The molecule has 0 aliphatic carbocycles. The van der Waals surface area contributed by atoms with Gasteiger partial charge in [-0.2, -0.15) is 0 Å². The van der Waals surface area contributed by atoms with E-state index in [1.165, 1.54) is 0 Å². The quantitative estimate of drug-likeness (QED) is 0.593. The van der Waals surface area contributed by atoms with Crippen molar-refractivity contribution in [3.63, 3.8) is 0 Å². The summed E-state index contributed by atoms with van der Waals surface area (Å²) in [7, 11) is 0. The molecule has 3 aromatic rings. The number of amides is 2. The van der Waals surface area contributed by atoms with E-state index in [4.69, 9.17) is 5.73 Å². The average molecular weight is 373 g/mol. The zero-order chi connectivity index (χ0) is 19.9. The fraction of sp³-hybridized carbons (Fsp3) is 0.130. The molecule has 0 fully saturated rings. The van der Waals surface area contributed by atoms with Gasteiger partial charge in [0.2, 0.25) is 11.8 Å². The first-order valence-corrected chi connectivity index (χ1v) is 9.11. The molecule has 0 spiro atoms. The first-order chi connectivity index (χ1) is 13.5. The van der Waals surface area contributed by atoms with Gasteiger partial charge in [-0.25, -0.2) is 0 Å². The van der Waals surface area contributed by atoms with E-state index in [-0.39, 0.29) is 11.9 Å². The molecule has 0 heterocycles. The monoisotopic (exact) mass is 373 g/mol. The third kappa shape index (κ3) is 4.76. The molecule has 0 aliphatic rings. The molecule has 0 saturated carbocycles. The van der Waals surface area contributed by atoms with Crippen molar-refractivity contribution in [2.45, 2.75) is 19.0 Å². The molecule has 3 aromatic carbocycles. The lowest BCUT2D eigenvalue weighted by atomic mass is 9.98. The van der Waals surface area contributed by atoms with Crippen molar-refractivity contribution in [3.05, 3.63) is 102 Å². The van der Waals surface area contributed by atoms with Crippen LogP contribution in [-0.4, -0.2) is 17.9 Å². The molecule has 0 aliphatic heterocycles. The Bertz CT molecular complexity index is 886. The molecule has 28 heavy (non-hydrogen) atoms. The van der Waals surface area contributed by atoms with E-state index in [0.29, 0.717) is 5.56 Å². The molecule has 0 bridgehead atoms. The second-order valence-corrected chi connectivity index (χ2v) is 6.57. The minimum atomic E-state index is -0.481. The number of hydrogen-bond acceptors (Lipinski definition) is 3. The van der Waals surface area contributed by atoms with Crippen LogP contribution in [0.25, 0.3) is 0 Å². The number of carbonyl (C=O) groups is 2. The van der Waals surface area contributed by atoms with Gasteiger partial charge in [-0.3, -0.25) is 9.59 Å². The van der Waals surface area contributed by atoms with Crippen LogP contribution in [0.15, 0.2) is 84.9 Å². The van der Waals surface area contributed by atoms with Gasteiger partial charge in [-0.1, -0.05) is 60.7 Å². The fourth-order valence-electron chi connectivity index (χ4n) is 2.96. The van der Waals surface area contributed by atoms with E-state index in [2.05, 4.69) is 10.6 Å². The number of hydrogen-bond donors (Lipinski definition) is 3. The summed E-state index contributed by atoms with van der Waals surface area (Å²) in [5, 5.41) is 6.28. The number of primary amides is 1. The molecule has 3 rings (SSSR count). The van der Waals surface area contributed by atoms with Gasteiger partial charge in [0.05, 0.1) is 6.04 Å². The van der Waals surface area contributed by atoms with E-state index >= 15 is 0 Å². The fourth-order valence-corrected chi connectivity index (χ4v) is 2.96. The zero-order valence-electron chi connectivity index (χ0n) is 15.6. The average Bonchev–Trinajstić information content (AvgIpc) is 2.73. The van der Waals surface area contributed by atoms with Crippen LogP contribution in [0.5, 0.6) is 0 Å². The number of anilines is 1. The van der Waals surface area contributed by atoms with E-state index in [1.54, 1.807) is 31.2 Å². The van der Waals surface area contributed by atoms with Crippen LogP contribution < -0.4 is 16.4 Å². The first kappa shape index (κ1) is 19.2. The lowest BCUT2D eigenvalue weighted by molar-refractivity contribution is -0.122. The lowest BCUT2D eigenvalue weighted by Crippen LogP contribution is -2.40. The predicted octanol–water partition coefficient (Wildman–Crippen LogP) is 3.49. The van der Waals surface area contributed by atoms with Crippen LogP contribution >= 0.6 is 0 Å². The number of nitrogens with two attached hydrogens (primary N) is 1. The Balaban J connectivity index is 1.73. The maximum atomic E-state index is 12.8. The van der Waals surface area contributed by atoms with Gasteiger partial charge in [-0.15, -0.1) is 0 Å². The van der Waals surface area contributed by atoms with Crippen molar-refractivity contribution >= 4 is 17.5 Å². The molecule has 1 atom stereocenters. The minimum Gasteiger partial charge on any atom is -0.374 e. The van der Waals surface area contributed by atoms with Gasteiger partial charge in [-0.05, 0) is 42.3 Å². The number of rotatable bonds is 7. The van der Waals surface area contributed by atoms with Gasteiger partial charge < -0.3 is 16.4 Å². The zero-order valence-corrected chi connectivity index (χ0v) is 15.6. The Labute approximate surface area is 164 Å². The Morgan fingerprint density at radius 3 is 1.75 bits per heavy atom. The van der Waals surface area contributed by atoms with E-state index in [9.17, 15) is 9.59 Å². The highest BCUT2D eigenvalue weighted by Crippen LogP contribution is 2.22. The molecular formula is C23H23N3O2. The third-order valence-electron chi connectivity index (χ3n) is 4.50. The Hall–Kier alpha value is -3.60. The molecule has 2 amide bonds. The van der Waals surface area contributed by atoms with E-state index < -0.39 is 11.9 Å². The largest absolute Gasteiger partial charge is 0.374 e. The van der Waals surface area contributed by atoms with Crippen LogP contribution in [0.1, 0.15) is 34.5 Å². The van der Waals surface area contributed by atoms with E-state index in [0.717, 1.165) is 16.8 Å². The summed E-state index contributed by atoms with van der Waals surface area (Å²) in [6.45, 7) is 1.80. The Morgan fingerprint density at radius 2 is 1.29 bits per heavy atom. The van der Waals surface area contributed by atoms with Crippen molar-refractivity contribution in [1.29, 1.82) is 0 Å². The molecule has 142 valence electrons. The van der Waals surface area contributed by atoms with Crippen LogP contribution in [0.3, 0.4) is 0 Å². The molecule has 5 heteroatoms. The predicted molar refractivity (Wildman–Crippen MR) is 111 cm³/mol. The van der Waals surface area contributed by atoms with Gasteiger partial charge in [0.15, 0.2) is 0 Å². The third-order valence-corrected chi connectivity index (χ3v) is 4.50. The second-order valence-electron chi connectivity index (χ2n) is 6.57. The van der Waals surface area contributed by atoms with E-state index in [1.807, 2.05) is 60.7 Å². The van der Waals surface area contributed by atoms with Gasteiger partial charge in [0, 0.05) is 11.3 Å². The van der Waals surface area contributed by atoms with Crippen molar-refractivity contribution in [3.8, 4) is 0 Å². The number of nitrogens with one attached hydrogen (secondary N) is 2. The highest BCUT2D eigenvalue weighted by molar-refractivity contribution is 5.93. The maximum Gasteiger partial charge on any atom is 0.248 e. The summed E-state index contributed by atoms with van der Waals surface area (Å²) in [4.78, 5) is 24.0. The molecule has 0 aromatic heterocycles. The summed E-state index contributed by atoms with van der Waals surface area (Å²) in [5.41, 5.74) is 8.45. The topological polar surface area (TPSA) is 84.2 Å². The molecule has 4 N–H and O–H groups in total. The van der Waals surface area contributed by atoms with Crippen LogP contribution in [0.2, 0.25) is 0 Å². The van der Waals surface area contributed by atoms with Crippen molar-refractivity contribution in [2.24, 2.45) is 5.73 Å². The SMILES string of the molecule is CC(Nc1ccc(C(N)=O)cc1)C(=O)NC(c1ccccc1)c1ccccc1. The van der Waals surface area contributed by atoms with Crippen LogP contribution in [0, 0.1) is 0 Å². The Kier molecular flexibility index (Phi) is 6.07. The molecule has 5 nitrogen and oxygen atoms in total. The van der Waals surface area contributed by atoms with Gasteiger partial charge >= 0.3 is 0 Å². The van der Waals surface area contributed by atoms with Crippen molar-refractivity contribution < 1.29 is 9.59 Å². The second kappa shape index (κ2) is 8.86. The highest BCUT2D eigenvalue weighted by Gasteiger charge is 2.20. The molecule has 0 saturated heterocycles. The first-order valence-electron chi connectivity index (χ1n) is 9.11. The Morgan fingerprint density at radius 1 is 0.786 bits per heavy atom. The summed E-state index contributed by atoms with van der Waals surface area (Å²) in [6.07, 6.45) is 0. The molecule has 1 unspecified atom stereocenters. The van der Waals surface area contributed by atoms with Crippen molar-refractivity contribution in [1.82, 2.24) is 5.32 Å². The maximum absolute atomic E-state index is 12.8. The smallest absolute Gasteiger partial charge is 0.248 e. The summed E-state index contributed by atoms with van der Waals surface area (Å²) in [5.74, 6) is -0.609. The summed E-state index contributed by atoms with van der Waals surface area (Å²) < 4.78 is 0. The highest BCUT2D eigenvalue weighted by atomic mass is 16.2. The lowest BCUT2D eigenvalue weighted by Gasteiger charge is -2.23. The standard InChI is InChI=1S/C23H23N3O2/c1-16(25-20-14-12-19(13-15-20)22(24)27)23(28)26-21(17-8-4-2-5-9-17)18-10-6-3-7-11-18/h2-16,21,25H,1H3,(H2,24,27)(H,26,28). The minimum absolute atomic E-state index is 0.128. The number of carbonyl (C=O) groups excluding carboxylic acids is 2. The molecular weight excluding hydrogens is 350 g/mol. The molecule has 0 radical (unpaired) electrons. The summed E-state index contributed by atoms with van der Waals surface area (Å²) in [6, 6.07) is 25.8. The summed E-state index contributed by atoms with van der Waals surface area (Å²) >= 11 is 0. The number of benzene rings is 3.